The predicted octanol–water partition coefficient (Wildman–Crippen LogP) is 4.95. The number of nitrogens with zero attached hydrogens (tertiary/aromatic N) is 3. The molecule has 58 heavy (non-hydrogen) atoms. The minimum absolute atomic E-state index is 0.0548. The normalized spacial score (nSPS) is 26.9. The molecule has 16 heteroatoms. The van der Waals surface area contributed by atoms with Crippen molar-refractivity contribution in [1.29, 1.82) is 0 Å². The molecule has 1 aromatic heterocycles. The third kappa shape index (κ3) is 10.6. The molecule has 316 valence electrons. The van der Waals surface area contributed by atoms with Crippen molar-refractivity contribution in [2.75, 3.05) is 52.6 Å². The number of carboxylic acids is 1. The van der Waals surface area contributed by atoms with Gasteiger partial charge in [-0.25, -0.2) is 9.78 Å². The Balaban J connectivity index is 1.01. The first-order valence-electron chi connectivity index (χ1n) is 20.9. The lowest BCUT2D eigenvalue weighted by molar-refractivity contribution is -0.139. The van der Waals surface area contributed by atoms with Crippen molar-refractivity contribution in [2.45, 2.75) is 95.4 Å². The van der Waals surface area contributed by atoms with Crippen LogP contribution in [0.4, 0.5) is 4.79 Å². The number of carbonyl (C=O) groups is 4. The third-order valence-corrected chi connectivity index (χ3v) is 12.4. The molecule has 0 spiro atoms. The van der Waals surface area contributed by atoms with E-state index in [1.165, 1.54) is 11.3 Å². The van der Waals surface area contributed by atoms with Crippen molar-refractivity contribution in [2.24, 2.45) is 29.4 Å². The Morgan fingerprint density at radius 1 is 1.03 bits per heavy atom. The van der Waals surface area contributed by atoms with E-state index in [0.29, 0.717) is 90.8 Å². The van der Waals surface area contributed by atoms with Gasteiger partial charge in [0.2, 0.25) is 17.7 Å². The van der Waals surface area contributed by atoms with E-state index < -0.39 is 42.1 Å². The Morgan fingerprint density at radius 2 is 1.83 bits per heavy atom. The molecule has 1 aromatic carbocycles. The highest BCUT2D eigenvalue weighted by atomic mass is 35.5. The quantitative estimate of drug-likeness (QED) is 0.120. The minimum Gasteiger partial charge on any atom is -0.491 e. The molecular weight excluding hydrogens is 770 g/mol. The zero-order valence-electron chi connectivity index (χ0n) is 33.2. The van der Waals surface area contributed by atoms with Crippen molar-refractivity contribution in [3.05, 3.63) is 35.4 Å². The maximum Gasteiger partial charge on any atom is 0.408 e. The van der Waals surface area contributed by atoms with Crippen LogP contribution in [-0.4, -0.2) is 121 Å². The number of nitrogens with two attached hydrogens (primary N) is 1. The number of nitrogens with one attached hydrogen (secondary N) is 1. The van der Waals surface area contributed by atoms with Crippen molar-refractivity contribution < 1.29 is 48.0 Å². The van der Waals surface area contributed by atoms with E-state index in [4.69, 9.17) is 46.1 Å². The average molecular weight is 826 g/mol. The van der Waals surface area contributed by atoms with Crippen LogP contribution in [0, 0.1) is 23.7 Å². The Morgan fingerprint density at radius 3 is 2.55 bits per heavy atom. The number of hydrogen-bond acceptors (Lipinski definition) is 11. The molecule has 3 heterocycles. The van der Waals surface area contributed by atoms with Gasteiger partial charge in [-0.2, -0.15) is 0 Å². The van der Waals surface area contributed by atoms with Crippen LogP contribution in [0.25, 0.3) is 10.9 Å². The van der Waals surface area contributed by atoms with Crippen LogP contribution in [0.2, 0.25) is 5.02 Å². The number of likely N-dealkylation sites (tertiary alicyclic amines) is 1. The molecule has 1 unspecified atom stereocenters. The SMILES string of the molecule is CCOc1cc(O[C@@H]2C[C@@H](C(N)=O)N(C(=O)[C@H](CCCCC/C=C\[C@@H]3C[C@@H]3C(=O)O)NC(=O)OC3C[C@@H]4C[C@@H]4C3)C2)c2ccc(OCCN3CCOCC3)c(Cl)c2n1. The summed E-state index contributed by atoms with van der Waals surface area (Å²) in [6.07, 6.45) is 9.68. The predicted molar refractivity (Wildman–Crippen MR) is 214 cm³/mol. The van der Waals surface area contributed by atoms with Crippen LogP contribution in [0.1, 0.15) is 71.1 Å². The number of halogens is 1. The topological polar surface area (TPSA) is 192 Å². The molecule has 8 atom stereocenters. The van der Waals surface area contributed by atoms with E-state index in [1.807, 2.05) is 25.1 Å². The molecule has 3 saturated carbocycles. The highest BCUT2D eigenvalue weighted by Gasteiger charge is 2.48. The average Bonchev–Trinajstić information content (AvgIpc) is 4.06. The molecule has 5 aliphatic rings. The zero-order chi connectivity index (χ0) is 40.8. The van der Waals surface area contributed by atoms with Gasteiger partial charge in [0.05, 0.1) is 32.3 Å². The van der Waals surface area contributed by atoms with Crippen LogP contribution in [0.3, 0.4) is 0 Å². The highest BCUT2D eigenvalue weighted by Crippen LogP contribution is 2.52. The monoisotopic (exact) mass is 825 g/mol. The number of fused-ring (bicyclic) bond motifs is 2. The number of carboxylic acid groups (broad SMARTS) is 1. The minimum atomic E-state index is -0.962. The fourth-order valence-electron chi connectivity index (χ4n) is 8.61. The van der Waals surface area contributed by atoms with Gasteiger partial charge < -0.3 is 44.7 Å². The van der Waals surface area contributed by atoms with Gasteiger partial charge in [-0.3, -0.25) is 19.3 Å². The summed E-state index contributed by atoms with van der Waals surface area (Å²) in [6.45, 7) is 6.50. The lowest BCUT2D eigenvalue weighted by Crippen LogP contribution is -2.53. The maximum atomic E-state index is 14.3. The van der Waals surface area contributed by atoms with Gasteiger partial charge in [-0.15, -0.1) is 0 Å². The number of hydrogen-bond donors (Lipinski definition) is 3. The van der Waals surface area contributed by atoms with E-state index in [9.17, 15) is 19.2 Å². The lowest BCUT2D eigenvalue weighted by atomic mass is 10.0. The highest BCUT2D eigenvalue weighted by molar-refractivity contribution is 6.36. The summed E-state index contributed by atoms with van der Waals surface area (Å²) in [6, 6.07) is 3.37. The smallest absolute Gasteiger partial charge is 0.408 e. The lowest BCUT2D eigenvalue weighted by Gasteiger charge is -2.28. The van der Waals surface area contributed by atoms with Crippen LogP contribution in [0.5, 0.6) is 17.4 Å². The molecule has 2 saturated heterocycles. The van der Waals surface area contributed by atoms with Gasteiger partial charge in [0, 0.05) is 37.5 Å². The molecule has 0 bridgehead atoms. The standard InChI is InChI=1S/C42H56ClN5O10/c1-2-55-36-23-35(30-10-11-34(37(43)38(30)46-36)56-17-14-47-12-15-54-16-13-47)57-29-22-33(39(44)49)48(24-29)40(50)32(45-42(53)58-28-19-26-18-27(26)20-28)9-7-5-3-4-6-8-25-21-31(25)41(51)52/h6,8,10-11,23,25-29,31-33H,2-5,7,9,12-22,24H2,1H3,(H2,44,49)(H,45,53)(H,51,52)/b8-6-/t25-,26-,27+,28?,29-,31+,32+,33+/m1/s1. The van der Waals surface area contributed by atoms with Gasteiger partial charge in [0.1, 0.15) is 52.9 Å². The van der Waals surface area contributed by atoms with Crippen LogP contribution in [-0.2, 0) is 23.9 Å². The molecule has 2 aliphatic heterocycles. The Bertz CT molecular complexity index is 1830. The van der Waals surface area contributed by atoms with Crippen molar-refractivity contribution >= 4 is 46.4 Å². The summed E-state index contributed by atoms with van der Waals surface area (Å²) >= 11 is 6.89. The molecule has 3 amide bonds. The Kier molecular flexibility index (Phi) is 13.8. The zero-order valence-corrected chi connectivity index (χ0v) is 33.9. The molecule has 4 N–H and O–H groups in total. The number of primary amides is 1. The fraction of sp³-hybridized carbons (Fsp3) is 0.643. The number of carbonyl (C=O) groups excluding carboxylic acids is 3. The van der Waals surface area contributed by atoms with E-state index in [1.54, 1.807) is 12.1 Å². The van der Waals surface area contributed by atoms with Crippen molar-refractivity contribution in [3.63, 3.8) is 0 Å². The summed E-state index contributed by atoms with van der Waals surface area (Å²) < 4.78 is 29.6. The molecule has 15 nitrogen and oxygen atoms in total. The first kappa shape index (κ1) is 41.8. The first-order chi connectivity index (χ1) is 28.1. The van der Waals surface area contributed by atoms with Gasteiger partial charge in [0.15, 0.2) is 0 Å². The first-order valence-corrected chi connectivity index (χ1v) is 21.3. The second-order valence-corrected chi connectivity index (χ2v) is 16.6. The number of allylic oxidation sites excluding steroid dienone is 2. The number of aliphatic carboxylic acids is 1. The summed E-state index contributed by atoms with van der Waals surface area (Å²) in [5.74, 6) is 0.418. The van der Waals surface area contributed by atoms with Crippen molar-refractivity contribution in [3.8, 4) is 17.4 Å². The Labute approximate surface area is 343 Å². The number of pyridine rings is 1. The van der Waals surface area contributed by atoms with Gasteiger partial charge in [0.25, 0.3) is 0 Å². The van der Waals surface area contributed by atoms with Gasteiger partial charge in [-0.1, -0.05) is 36.6 Å². The number of amides is 3. The number of unbranched alkanes of at least 4 members (excludes halogenated alkanes) is 3. The number of rotatable bonds is 20. The molecule has 0 radical (unpaired) electrons. The number of benzene rings is 1. The van der Waals surface area contributed by atoms with E-state index in [-0.39, 0.29) is 30.9 Å². The van der Waals surface area contributed by atoms with Crippen molar-refractivity contribution in [1.82, 2.24) is 20.1 Å². The summed E-state index contributed by atoms with van der Waals surface area (Å²) in [4.78, 5) is 59.8. The number of ether oxygens (including phenoxy) is 5. The third-order valence-electron chi connectivity index (χ3n) is 12.0. The molecular formula is C42H56ClN5O10. The van der Waals surface area contributed by atoms with Crippen LogP contribution < -0.4 is 25.3 Å². The van der Waals surface area contributed by atoms with Gasteiger partial charge >= 0.3 is 12.1 Å². The summed E-state index contributed by atoms with van der Waals surface area (Å²) in [5.41, 5.74) is 6.33. The van der Waals surface area contributed by atoms with E-state index >= 15 is 0 Å². The number of alkyl carbamates (subject to hydrolysis) is 1. The van der Waals surface area contributed by atoms with E-state index in [0.717, 1.165) is 51.7 Å². The second-order valence-electron chi connectivity index (χ2n) is 16.2. The molecule has 5 fully saturated rings. The van der Waals surface area contributed by atoms with Crippen LogP contribution >= 0.6 is 11.6 Å². The molecule has 2 aromatic rings. The fourth-order valence-corrected chi connectivity index (χ4v) is 8.87. The Hall–Kier alpha value is -4.34. The largest absolute Gasteiger partial charge is 0.491 e. The van der Waals surface area contributed by atoms with Gasteiger partial charge in [-0.05, 0) is 81.8 Å². The van der Waals surface area contributed by atoms with Crippen LogP contribution in [0.15, 0.2) is 30.4 Å². The van der Waals surface area contributed by atoms with E-state index in [2.05, 4.69) is 15.2 Å². The maximum absolute atomic E-state index is 14.3. The molecule has 7 rings (SSSR count). The number of aromatic nitrogens is 1. The molecule has 3 aliphatic carbocycles. The summed E-state index contributed by atoms with van der Waals surface area (Å²) in [5, 5.41) is 12.9. The number of morpholine rings is 1. The summed E-state index contributed by atoms with van der Waals surface area (Å²) in [7, 11) is 0. The second kappa shape index (κ2) is 19.2.